The smallest absolute Gasteiger partial charge is 0.224 e. The lowest BCUT2D eigenvalue weighted by atomic mass is 10.0. The Balaban J connectivity index is 1.50. The van der Waals surface area contributed by atoms with E-state index < -0.39 is 0 Å². The number of amides is 2. The lowest BCUT2D eigenvalue weighted by Crippen LogP contribution is -2.23. The molecule has 0 spiro atoms. The first kappa shape index (κ1) is 17.0. The van der Waals surface area contributed by atoms with Gasteiger partial charge in [-0.15, -0.1) is 0 Å². The first-order valence-electron chi connectivity index (χ1n) is 8.45. The molecule has 0 unspecified atom stereocenters. The minimum atomic E-state index is 0.0221. The molecule has 0 atom stereocenters. The summed E-state index contributed by atoms with van der Waals surface area (Å²) in [5.74, 6) is 0.888. The van der Waals surface area contributed by atoms with Gasteiger partial charge in [-0.1, -0.05) is 24.3 Å². The van der Waals surface area contributed by atoms with Crippen molar-refractivity contribution in [3.63, 3.8) is 0 Å². The summed E-state index contributed by atoms with van der Waals surface area (Å²) in [6.07, 6.45) is 2.38. The van der Waals surface area contributed by atoms with Gasteiger partial charge in [0.05, 0.1) is 7.11 Å². The van der Waals surface area contributed by atoms with Gasteiger partial charge in [-0.2, -0.15) is 0 Å². The average molecular weight is 338 g/mol. The normalized spacial score (nSPS) is 12.9. The number of methoxy groups -OCH3 is 1. The van der Waals surface area contributed by atoms with Crippen LogP contribution in [0.3, 0.4) is 0 Å². The van der Waals surface area contributed by atoms with E-state index in [9.17, 15) is 9.59 Å². The van der Waals surface area contributed by atoms with Gasteiger partial charge in [0.1, 0.15) is 5.75 Å². The number of fused-ring (bicyclic) bond motifs is 1. The van der Waals surface area contributed by atoms with Gasteiger partial charge in [-0.3, -0.25) is 9.59 Å². The van der Waals surface area contributed by atoms with Crippen LogP contribution in [-0.2, 0) is 29.0 Å². The molecule has 5 heteroatoms. The Hall–Kier alpha value is -2.82. The SMILES string of the molecule is COc1cccc(CCC(=O)NCc2ccc3c(c2)CCC(=O)N3)c1. The van der Waals surface area contributed by atoms with Gasteiger partial charge in [0.25, 0.3) is 0 Å². The highest BCUT2D eigenvalue weighted by Crippen LogP contribution is 2.23. The van der Waals surface area contributed by atoms with Crippen molar-refractivity contribution in [2.24, 2.45) is 0 Å². The molecular weight excluding hydrogens is 316 g/mol. The number of carbonyl (C=O) groups is 2. The maximum atomic E-state index is 12.1. The molecule has 130 valence electrons. The highest BCUT2D eigenvalue weighted by molar-refractivity contribution is 5.93. The molecule has 2 aromatic rings. The Morgan fingerprint density at radius 2 is 2.04 bits per heavy atom. The molecule has 5 nitrogen and oxygen atoms in total. The standard InChI is InChI=1S/C20H22N2O3/c1-25-17-4-2-3-14(12-17)6-9-19(23)21-13-15-5-8-18-16(11-15)7-10-20(24)22-18/h2-5,8,11-12H,6-7,9-10,13H2,1H3,(H,21,23)(H,22,24). The summed E-state index contributed by atoms with van der Waals surface area (Å²) in [4.78, 5) is 23.5. The first-order valence-corrected chi connectivity index (χ1v) is 8.45. The summed E-state index contributed by atoms with van der Waals surface area (Å²) in [6.45, 7) is 0.498. The zero-order valence-corrected chi connectivity index (χ0v) is 14.3. The topological polar surface area (TPSA) is 67.4 Å². The quantitative estimate of drug-likeness (QED) is 0.851. The van der Waals surface area contributed by atoms with Crippen molar-refractivity contribution in [3.05, 3.63) is 59.2 Å². The average Bonchev–Trinajstić information content (AvgIpc) is 2.64. The van der Waals surface area contributed by atoms with Crippen LogP contribution in [0.1, 0.15) is 29.5 Å². The predicted molar refractivity (Wildman–Crippen MR) is 96.6 cm³/mol. The Morgan fingerprint density at radius 3 is 2.88 bits per heavy atom. The minimum Gasteiger partial charge on any atom is -0.497 e. The molecule has 1 aliphatic rings. The number of hydrogen-bond acceptors (Lipinski definition) is 3. The summed E-state index contributed by atoms with van der Waals surface area (Å²) in [6, 6.07) is 13.7. The van der Waals surface area contributed by atoms with E-state index in [0.29, 0.717) is 25.8 Å². The Labute approximate surface area is 147 Å². The van der Waals surface area contributed by atoms with E-state index in [1.807, 2.05) is 36.4 Å². The Bertz CT molecular complexity index is 786. The lowest BCUT2D eigenvalue weighted by molar-refractivity contribution is -0.121. The van der Waals surface area contributed by atoms with Crippen LogP contribution in [0.2, 0.25) is 0 Å². The molecule has 0 bridgehead atoms. The molecule has 0 radical (unpaired) electrons. The van der Waals surface area contributed by atoms with Crippen molar-refractivity contribution < 1.29 is 14.3 Å². The summed E-state index contributed by atoms with van der Waals surface area (Å²) in [7, 11) is 1.63. The third-order valence-corrected chi connectivity index (χ3v) is 4.33. The molecule has 1 heterocycles. The molecule has 2 N–H and O–H groups in total. The molecule has 2 aromatic carbocycles. The van der Waals surface area contributed by atoms with E-state index in [-0.39, 0.29) is 11.8 Å². The van der Waals surface area contributed by atoms with E-state index in [4.69, 9.17) is 4.74 Å². The van der Waals surface area contributed by atoms with Gasteiger partial charge < -0.3 is 15.4 Å². The fraction of sp³-hybridized carbons (Fsp3) is 0.300. The number of benzene rings is 2. The highest BCUT2D eigenvalue weighted by Gasteiger charge is 2.14. The number of aryl methyl sites for hydroxylation is 2. The summed E-state index contributed by atoms with van der Waals surface area (Å²) in [5, 5.41) is 5.82. The lowest BCUT2D eigenvalue weighted by Gasteiger charge is -2.17. The van der Waals surface area contributed by atoms with Gasteiger partial charge in [0, 0.05) is 25.1 Å². The van der Waals surface area contributed by atoms with Gasteiger partial charge in [0.15, 0.2) is 0 Å². The van der Waals surface area contributed by atoms with E-state index in [2.05, 4.69) is 16.7 Å². The fourth-order valence-electron chi connectivity index (χ4n) is 2.92. The molecule has 3 rings (SSSR count). The second-order valence-corrected chi connectivity index (χ2v) is 6.17. The van der Waals surface area contributed by atoms with Crippen molar-refractivity contribution in [3.8, 4) is 5.75 Å². The number of rotatable bonds is 6. The minimum absolute atomic E-state index is 0.0221. The van der Waals surface area contributed by atoms with Gasteiger partial charge in [0.2, 0.25) is 11.8 Å². The molecule has 1 aliphatic heterocycles. The third-order valence-electron chi connectivity index (χ3n) is 4.33. The van der Waals surface area contributed by atoms with Gasteiger partial charge >= 0.3 is 0 Å². The molecule has 2 amide bonds. The molecular formula is C20H22N2O3. The van der Waals surface area contributed by atoms with Crippen molar-refractivity contribution in [2.75, 3.05) is 12.4 Å². The van der Waals surface area contributed by atoms with Crippen molar-refractivity contribution in [1.29, 1.82) is 0 Å². The first-order chi connectivity index (χ1) is 12.1. The van der Waals surface area contributed by atoms with E-state index in [0.717, 1.165) is 34.5 Å². The van der Waals surface area contributed by atoms with Crippen LogP contribution in [0.25, 0.3) is 0 Å². The van der Waals surface area contributed by atoms with Crippen molar-refractivity contribution in [1.82, 2.24) is 5.32 Å². The van der Waals surface area contributed by atoms with Crippen LogP contribution in [-0.4, -0.2) is 18.9 Å². The van der Waals surface area contributed by atoms with Crippen LogP contribution in [0.5, 0.6) is 5.75 Å². The zero-order valence-electron chi connectivity index (χ0n) is 14.3. The number of nitrogens with one attached hydrogen (secondary N) is 2. The molecule has 0 aliphatic carbocycles. The number of hydrogen-bond donors (Lipinski definition) is 2. The Kier molecular flexibility index (Phi) is 5.33. The van der Waals surface area contributed by atoms with Crippen LogP contribution in [0, 0.1) is 0 Å². The molecule has 0 saturated heterocycles. The molecule has 25 heavy (non-hydrogen) atoms. The van der Waals surface area contributed by atoms with E-state index >= 15 is 0 Å². The number of ether oxygens (including phenoxy) is 1. The molecule has 0 aromatic heterocycles. The van der Waals surface area contributed by atoms with Crippen molar-refractivity contribution in [2.45, 2.75) is 32.2 Å². The van der Waals surface area contributed by atoms with Gasteiger partial charge in [-0.05, 0) is 47.7 Å². The van der Waals surface area contributed by atoms with Crippen molar-refractivity contribution >= 4 is 17.5 Å². The fourth-order valence-corrected chi connectivity index (χ4v) is 2.92. The summed E-state index contributed by atoms with van der Waals surface area (Å²) in [5.41, 5.74) is 4.13. The highest BCUT2D eigenvalue weighted by atomic mass is 16.5. The number of anilines is 1. The summed E-state index contributed by atoms with van der Waals surface area (Å²) >= 11 is 0. The van der Waals surface area contributed by atoms with Crippen LogP contribution < -0.4 is 15.4 Å². The number of carbonyl (C=O) groups excluding carboxylic acids is 2. The predicted octanol–water partition coefficient (Wildman–Crippen LogP) is 2.83. The van der Waals surface area contributed by atoms with Crippen LogP contribution in [0.15, 0.2) is 42.5 Å². The van der Waals surface area contributed by atoms with Crippen LogP contribution in [0.4, 0.5) is 5.69 Å². The van der Waals surface area contributed by atoms with E-state index in [1.54, 1.807) is 7.11 Å². The maximum Gasteiger partial charge on any atom is 0.224 e. The van der Waals surface area contributed by atoms with E-state index in [1.165, 1.54) is 0 Å². The second kappa shape index (κ2) is 7.83. The molecule has 0 saturated carbocycles. The van der Waals surface area contributed by atoms with Gasteiger partial charge in [-0.25, -0.2) is 0 Å². The summed E-state index contributed by atoms with van der Waals surface area (Å²) < 4.78 is 5.19. The second-order valence-electron chi connectivity index (χ2n) is 6.17. The zero-order chi connectivity index (χ0) is 17.6. The monoisotopic (exact) mass is 338 g/mol. The Morgan fingerprint density at radius 1 is 1.16 bits per heavy atom. The van der Waals surface area contributed by atoms with Crippen LogP contribution >= 0.6 is 0 Å². The third kappa shape index (κ3) is 4.59. The largest absolute Gasteiger partial charge is 0.497 e. The molecule has 0 fully saturated rings. The maximum absolute atomic E-state index is 12.1.